The number of imidazole rings is 1. The first kappa shape index (κ1) is 22.1. The number of amides is 1. The Morgan fingerprint density at radius 1 is 1.22 bits per heavy atom. The van der Waals surface area contributed by atoms with Crippen molar-refractivity contribution in [2.24, 2.45) is 0 Å². The van der Waals surface area contributed by atoms with Crippen molar-refractivity contribution in [1.82, 2.24) is 14.9 Å². The minimum atomic E-state index is -4.82. The molecule has 1 amide bonds. The van der Waals surface area contributed by atoms with E-state index in [0.29, 0.717) is 25.9 Å². The van der Waals surface area contributed by atoms with Gasteiger partial charge >= 0.3 is 12.3 Å². The minimum Gasteiger partial charge on any atom is -0.458 e. The van der Waals surface area contributed by atoms with Gasteiger partial charge in [0.25, 0.3) is 0 Å². The van der Waals surface area contributed by atoms with Gasteiger partial charge in [-0.15, -0.1) is 0 Å². The van der Waals surface area contributed by atoms with E-state index >= 15 is 0 Å². The molecular weight excluding hydrogens is 434 g/mol. The number of benzene rings is 1. The SMILES string of the molecule is CC(C)(C)OC(=O)N1CCC(c2cc(=O)c3cc(F)c4nc(C(F)(F)F)[nH]c4c3o2)CC1. The van der Waals surface area contributed by atoms with Crippen LogP contribution in [0.4, 0.5) is 22.4 Å². The molecule has 1 aliphatic heterocycles. The maximum absolute atomic E-state index is 14.3. The molecule has 1 fully saturated rings. The molecule has 0 saturated carbocycles. The summed E-state index contributed by atoms with van der Waals surface area (Å²) in [4.78, 5) is 31.7. The molecule has 0 aliphatic carbocycles. The lowest BCUT2D eigenvalue weighted by molar-refractivity contribution is -0.144. The summed E-state index contributed by atoms with van der Waals surface area (Å²) in [5.41, 5.74) is -2.25. The number of H-pyrrole nitrogens is 1. The van der Waals surface area contributed by atoms with Crippen LogP contribution >= 0.6 is 0 Å². The second kappa shape index (κ2) is 7.49. The summed E-state index contributed by atoms with van der Waals surface area (Å²) < 4.78 is 64.7. The van der Waals surface area contributed by atoms with Gasteiger partial charge in [0.2, 0.25) is 5.82 Å². The zero-order chi connectivity index (χ0) is 23.4. The van der Waals surface area contributed by atoms with Crippen LogP contribution in [0.25, 0.3) is 22.0 Å². The van der Waals surface area contributed by atoms with E-state index in [2.05, 4.69) is 4.98 Å². The topological polar surface area (TPSA) is 88.4 Å². The first-order valence-electron chi connectivity index (χ1n) is 10.0. The second-order valence-corrected chi connectivity index (χ2v) is 8.80. The molecule has 0 spiro atoms. The van der Waals surface area contributed by atoms with Gasteiger partial charge in [-0.1, -0.05) is 0 Å². The van der Waals surface area contributed by atoms with Gasteiger partial charge in [0.1, 0.15) is 22.4 Å². The lowest BCUT2D eigenvalue weighted by atomic mass is 9.94. The van der Waals surface area contributed by atoms with Crippen LogP contribution in [0.1, 0.15) is 51.1 Å². The molecule has 0 radical (unpaired) electrons. The lowest BCUT2D eigenvalue weighted by Gasteiger charge is -2.33. The van der Waals surface area contributed by atoms with Crippen LogP contribution in [0.15, 0.2) is 21.3 Å². The summed E-state index contributed by atoms with van der Waals surface area (Å²) in [5, 5.41) is -0.178. The second-order valence-electron chi connectivity index (χ2n) is 8.80. The van der Waals surface area contributed by atoms with E-state index in [4.69, 9.17) is 9.15 Å². The minimum absolute atomic E-state index is 0.178. The highest BCUT2D eigenvalue weighted by Crippen LogP contribution is 2.34. The molecule has 11 heteroatoms. The van der Waals surface area contributed by atoms with Crippen LogP contribution in [-0.2, 0) is 10.9 Å². The number of carbonyl (C=O) groups excluding carboxylic acids is 1. The molecule has 3 aromatic rings. The molecule has 1 N–H and O–H groups in total. The van der Waals surface area contributed by atoms with Gasteiger partial charge < -0.3 is 19.0 Å². The molecule has 0 bridgehead atoms. The molecule has 1 saturated heterocycles. The fraction of sp³-hybridized carbons (Fsp3) is 0.476. The van der Waals surface area contributed by atoms with Crippen LogP contribution in [0.5, 0.6) is 0 Å². The molecule has 1 aliphatic rings. The van der Waals surface area contributed by atoms with Gasteiger partial charge in [0.15, 0.2) is 16.8 Å². The fourth-order valence-corrected chi connectivity index (χ4v) is 3.76. The van der Waals surface area contributed by atoms with Gasteiger partial charge in [-0.3, -0.25) is 4.79 Å². The highest BCUT2D eigenvalue weighted by Gasteiger charge is 2.36. The van der Waals surface area contributed by atoms with E-state index in [0.717, 1.165) is 6.07 Å². The Morgan fingerprint density at radius 3 is 2.47 bits per heavy atom. The van der Waals surface area contributed by atoms with E-state index in [1.165, 1.54) is 6.07 Å². The van der Waals surface area contributed by atoms with Gasteiger partial charge in [0.05, 0.1) is 5.39 Å². The van der Waals surface area contributed by atoms with E-state index in [1.54, 1.807) is 25.7 Å². The van der Waals surface area contributed by atoms with Crippen LogP contribution in [0, 0.1) is 5.82 Å². The van der Waals surface area contributed by atoms with Crippen molar-refractivity contribution in [1.29, 1.82) is 0 Å². The number of alkyl halides is 3. The Bertz CT molecular complexity index is 1250. The Balaban J connectivity index is 1.67. The molecule has 172 valence electrons. The number of nitrogens with one attached hydrogen (secondary N) is 1. The monoisotopic (exact) mass is 455 g/mol. The van der Waals surface area contributed by atoms with E-state index < -0.39 is 40.5 Å². The highest BCUT2D eigenvalue weighted by molar-refractivity contribution is 6.00. The average molecular weight is 455 g/mol. The third-order valence-electron chi connectivity index (χ3n) is 5.25. The quantitative estimate of drug-likeness (QED) is 0.525. The Morgan fingerprint density at radius 2 is 1.88 bits per heavy atom. The molecule has 32 heavy (non-hydrogen) atoms. The number of hydrogen-bond donors (Lipinski definition) is 1. The summed E-state index contributed by atoms with van der Waals surface area (Å²) in [6.07, 6.45) is -4.32. The third kappa shape index (κ3) is 4.15. The van der Waals surface area contributed by atoms with Crippen molar-refractivity contribution in [3.05, 3.63) is 39.8 Å². The van der Waals surface area contributed by atoms with Crippen molar-refractivity contribution < 1.29 is 31.5 Å². The fourth-order valence-electron chi connectivity index (χ4n) is 3.76. The molecular formula is C21H21F4N3O4. The standard InChI is InChI=1S/C21H21F4N3O4/c1-20(2,3)32-19(30)28-6-4-10(5-7-28)14-9-13(29)11-8-12(22)15-16(17(11)31-14)27-18(26-15)21(23,24)25/h8-10H,4-7H2,1-3H3,(H,26,27). The predicted molar refractivity (Wildman–Crippen MR) is 107 cm³/mol. The predicted octanol–water partition coefficient (Wildman–Crippen LogP) is 4.94. The zero-order valence-electron chi connectivity index (χ0n) is 17.6. The number of carbonyl (C=O) groups is 1. The number of likely N-dealkylation sites (tertiary alicyclic amines) is 1. The number of piperidine rings is 1. The smallest absolute Gasteiger partial charge is 0.449 e. The normalized spacial score (nSPS) is 16.2. The number of rotatable bonds is 1. The maximum atomic E-state index is 14.3. The maximum Gasteiger partial charge on any atom is 0.449 e. The molecule has 7 nitrogen and oxygen atoms in total. The lowest BCUT2D eigenvalue weighted by Crippen LogP contribution is -2.41. The molecule has 3 heterocycles. The molecule has 1 aromatic carbocycles. The van der Waals surface area contributed by atoms with Crippen molar-refractivity contribution in [2.45, 2.75) is 51.3 Å². The first-order chi connectivity index (χ1) is 14.8. The summed E-state index contributed by atoms with van der Waals surface area (Å²) in [6, 6.07) is 2.06. The number of aromatic nitrogens is 2. The Labute approximate surface area is 179 Å². The van der Waals surface area contributed by atoms with Crippen LogP contribution in [-0.4, -0.2) is 39.7 Å². The third-order valence-corrected chi connectivity index (χ3v) is 5.25. The zero-order valence-corrected chi connectivity index (χ0v) is 17.6. The number of nitrogens with zero attached hydrogens (tertiary/aromatic N) is 2. The summed E-state index contributed by atoms with van der Waals surface area (Å²) in [5.74, 6) is -2.40. The number of ether oxygens (including phenoxy) is 1. The number of halogens is 4. The van der Waals surface area contributed by atoms with Crippen LogP contribution in [0.2, 0.25) is 0 Å². The Hall–Kier alpha value is -3.11. The molecule has 0 unspecified atom stereocenters. The van der Waals surface area contributed by atoms with Gasteiger partial charge in [-0.2, -0.15) is 13.2 Å². The molecule has 4 rings (SSSR count). The first-order valence-corrected chi connectivity index (χ1v) is 10.0. The van der Waals surface area contributed by atoms with Crippen molar-refractivity contribution in [3.8, 4) is 0 Å². The van der Waals surface area contributed by atoms with Crippen LogP contribution in [0.3, 0.4) is 0 Å². The van der Waals surface area contributed by atoms with Crippen molar-refractivity contribution in [3.63, 3.8) is 0 Å². The van der Waals surface area contributed by atoms with Gasteiger partial charge in [-0.05, 0) is 39.7 Å². The van der Waals surface area contributed by atoms with E-state index in [-0.39, 0.29) is 28.2 Å². The van der Waals surface area contributed by atoms with E-state index in [1.807, 2.05) is 4.98 Å². The summed E-state index contributed by atoms with van der Waals surface area (Å²) in [6.45, 7) is 6.03. The molecule has 2 aromatic heterocycles. The van der Waals surface area contributed by atoms with E-state index in [9.17, 15) is 27.2 Å². The number of fused-ring (bicyclic) bond motifs is 3. The summed E-state index contributed by atoms with van der Waals surface area (Å²) >= 11 is 0. The Kier molecular flexibility index (Phi) is 5.17. The van der Waals surface area contributed by atoms with Gasteiger partial charge in [-0.25, -0.2) is 14.2 Å². The molecule has 0 atom stereocenters. The number of aromatic amines is 1. The number of hydrogen-bond acceptors (Lipinski definition) is 5. The van der Waals surface area contributed by atoms with Crippen molar-refractivity contribution >= 4 is 28.1 Å². The highest BCUT2D eigenvalue weighted by atomic mass is 19.4. The average Bonchev–Trinajstić information content (AvgIpc) is 3.14. The largest absolute Gasteiger partial charge is 0.458 e. The summed E-state index contributed by atoms with van der Waals surface area (Å²) in [7, 11) is 0. The van der Waals surface area contributed by atoms with Crippen molar-refractivity contribution in [2.75, 3.05) is 13.1 Å². The van der Waals surface area contributed by atoms with Gasteiger partial charge in [0, 0.05) is 25.1 Å². The van der Waals surface area contributed by atoms with Crippen LogP contribution < -0.4 is 5.43 Å².